The quantitative estimate of drug-likeness (QED) is 0.590. The molecule has 1 fully saturated rings. The Morgan fingerprint density at radius 3 is 2.81 bits per heavy atom. The number of amides is 1. The zero-order chi connectivity index (χ0) is 21.8. The SMILES string of the molecule is COc1c(OCCCCCCn2ccnc2)ccc2c1CN1C(=N2)NC(=O)C1C(C)C. The van der Waals surface area contributed by atoms with Crippen LogP contribution in [0.25, 0.3) is 0 Å². The summed E-state index contributed by atoms with van der Waals surface area (Å²) >= 11 is 0. The summed E-state index contributed by atoms with van der Waals surface area (Å²) in [6.45, 7) is 6.33. The van der Waals surface area contributed by atoms with Gasteiger partial charge in [-0.2, -0.15) is 0 Å². The number of aliphatic imine (C=N–C) groups is 1. The fourth-order valence-electron chi connectivity index (χ4n) is 4.28. The molecule has 1 unspecified atom stereocenters. The molecule has 1 atom stereocenters. The molecule has 0 saturated carbocycles. The molecule has 166 valence electrons. The van der Waals surface area contributed by atoms with Crippen LogP contribution in [0.4, 0.5) is 5.69 Å². The van der Waals surface area contributed by atoms with Crippen LogP contribution >= 0.6 is 0 Å². The molecule has 8 heteroatoms. The standard InChI is InChI=1S/C23H31N5O3/c1-16(2)20-22(29)26-23-25-18-8-9-19(21(30-3)17(18)14-28(20)23)31-13-7-5-4-6-11-27-12-10-24-15-27/h8-10,12,15-16,20H,4-7,11,13-14H2,1-3H3,(H,25,26,29). The second-order valence-corrected chi connectivity index (χ2v) is 8.40. The number of carbonyl (C=O) groups excluding carboxylic acids is 1. The molecular formula is C23H31N5O3. The van der Waals surface area contributed by atoms with Crippen LogP contribution in [0.5, 0.6) is 11.5 Å². The predicted molar refractivity (Wildman–Crippen MR) is 119 cm³/mol. The molecule has 4 rings (SSSR count). The Morgan fingerprint density at radius 2 is 2.06 bits per heavy atom. The van der Waals surface area contributed by atoms with Gasteiger partial charge in [0.25, 0.3) is 0 Å². The molecule has 1 aromatic carbocycles. The van der Waals surface area contributed by atoms with Crippen molar-refractivity contribution in [2.45, 2.75) is 58.7 Å². The number of carbonyl (C=O) groups is 1. The first-order valence-corrected chi connectivity index (χ1v) is 11.0. The Labute approximate surface area is 183 Å². The monoisotopic (exact) mass is 425 g/mol. The number of aryl methyl sites for hydroxylation is 1. The van der Waals surface area contributed by atoms with Crippen LogP contribution in [0.3, 0.4) is 0 Å². The summed E-state index contributed by atoms with van der Waals surface area (Å²) in [5.74, 6) is 2.27. The fraction of sp³-hybridized carbons (Fsp3) is 0.522. The number of nitrogens with zero attached hydrogens (tertiary/aromatic N) is 4. The van der Waals surface area contributed by atoms with Gasteiger partial charge in [0, 0.05) is 24.5 Å². The van der Waals surface area contributed by atoms with E-state index in [0.29, 0.717) is 24.9 Å². The summed E-state index contributed by atoms with van der Waals surface area (Å²) in [6.07, 6.45) is 10.1. The highest BCUT2D eigenvalue weighted by Crippen LogP contribution is 2.42. The van der Waals surface area contributed by atoms with Crippen LogP contribution in [-0.2, 0) is 17.9 Å². The van der Waals surface area contributed by atoms with Crippen molar-refractivity contribution in [1.29, 1.82) is 0 Å². The van der Waals surface area contributed by atoms with Gasteiger partial charge in [-0.05, 0) is 30.9 Å². The first-order valence-electron chi connectivity index (χ1n) is 11.0. The molecule has 0 radical (unpaired) electrons. The highest BCUT2D eigenvalue weighted by molar-refractivity contribution is 6.08. The van der Waals surface area contributed by atoms with Gasteiger partial charge < -0.3 is 18.9 Å². The minimum absolute atomic E-state index is 0.00466. The lowest BCUT2D eigenvalue weighted by Gasteiger charge is -2.30. The number of ether oxygens (including phenoxy) is 2. The molecule has 2 aliphatic rings. The van der Waals surface area contributed by atoms with Crippen molar-refractivity contribution in [1.82, 2.24) is 19.8 Å². The van der Waals surface area contributed by atoms with E-state index < -0.39 is 0 Å². The zero-order valence-corrected chi connectivity index (χ0v) is 18.5. The minimum Gasteiger partial charge on any atom is -0.492 e. The van der Waals surface area contributed by atoms with Crippen LogP contribution in [0, 0.1) is 5.92 Å². The maximum Gasteiger partial charge on any atom is 0.249 e. The number of guanidine groups is 1. The van der Waals surface area contributed by atoms with Crippen LogP contribution in [0.15, 0.2) is 35.8 Å². The van der Waals surface area contributed by atoms with Crippen molar-refractivity contribution >= 4 is 17.6 Å². The van der Waals surface area contributed by atoms with Gasteiger partial charge in [0.05, 0.1) is 32.3 Å². The molecule has 0 spiro atoms. The second kappa shape index (κ2) is 9.41. The minimum atomic E-state index is -0.219. The summed E-state index contributed by atoms with van der Waals surface area (Å²) < 4.78 is 13.9. The number of benzene rings is 1. The van der Waals surface area contributed by atoms with Gasteiger partial charge in [-0.25, -0.2) is 9.98 Å². The van der Waals surface area contributed by atoms with E-state index in [1.807, 2.05) is 35.8 Å². The lowest BCUT2D eigenvalue weighted by Crippen LogP contribution is -2.40. The molecule has 0 bridgehead atoms. The van der Waals surface area contributed by atoms with Crippen LogP contribution in [-0.4, -0.2) is 46.1 Å². The molecule has 1 amide bonds. The van der Waals surface area contributed by atoms with Gasteiger partial charge in [-0.15, -0.1) is 0 Å². The third-order valence-corrected chi connectivity index (χ3v) is 5.83. The predicted octanol–water partition coefficient (Wildman–Crippen LogP) is 3.49. The Kier molecular flexibility index (Phi) is 6.44. The van der Waals surface area contributed by atoms with E-state index in [1.54, 1.807) is 7.11 Å². The molecule has 2 aliphatic heterocycles. The summed E-state index contributed by atoms with van der Waals surface area (Å²) in [5, 5.41) is 2.91. The van der Waals surface area contributed by atoms with E-state index in [2.05, 4.69) is 33.7 Å². The van der Waals surface area contributed by atoms with Crippen LogP contribution in [0.1, 0.15) is 45.1 Å². The molecule has 1 N–H and O–H groups in total. The Bertz CT molecular complexity index is 939. The third kappa shape index (κ3) is 4.52. The van der Waals surface area contributed by atoms with Crippen molar-refractivity contribution in [3.8, 4) is 11.5 Å². The lowest BCUT2D eigenvalue weighted by molar-refractivity contribution is -0.122. The van der Waals surface area contributed by atoms with E-state index in [4.69, 9.17) is 9.47 Å². The van der Waals surface area contributed by atoms with E-state index in [1.165, 1.54) is 0 Å². The van der Waals surface area contributed by atoms with Crippen LogP contribution in [0.2, 0.25) is 0 Å². The highest BCUT2D eigenvalue weighted by atomic mass is 16.5. The molecular weight excluding hydrogens is 394 g/mol. The molecule has 8 nitrogen and oxygen atoms in total. The molecule has 31 heavy (non-hydrogen) atoms. The number of hydrogen-bond acceptors (Lipinski definition) is 6. The number of methoxy groups -OCH3 is 1. The molecule has 3 heterocycles. The topological polar surface area (TPSA) is 81.0 Å². The third-order valence-electron chi connectivity index (χ3n) is 5.83. The van der Waals surface area contributed by atoms with Gasteiger partial charge in [0.2, 0.25) is 11.9 Å². The molecule has 1 saturated heterocycles. The smallest absolute Gasteiger partial charge is 0.249 e. The second-order valence-electron chi connectivity index (χ2n) is 8.40. The maximum atomic E-state index is 12.4. The molecule has 2 aromatic rings. The van der Waals surface area contributed by atoms with E-state index in [-0.39, 0.29) is 17.9 Å². The Balaban J connectivity index is 1.34. The first-order chi connectivity index (χ1) is 15.1. The van der Waals surface area contributed by atoms with E-state index in [0.717, 1.165) is 49.2 Å². The van der Waals surface area contributed by atoms with E-state index in [9.17, 15) is 4.79 Å². The molecule has 0 aliphatic carbocycles. The number of aromatic nitrogens is 2. The number of fused-ring (bicyclic) bond motifs is 2. The molecule has 1 aromatic heterocycles. The fourth-order valence-corrected chi connectivity index (χ4v) is 4.28. The van der Waals surface area contributed by atoms with Gasteiger partial charge in [0.15, 0.2) is 11.5 Å². The number of hydrogen-bond donors (Lipinski definition) is 1. The van der Waals surface area contributed by atoms with Gasteiger partial charge in [-0.1, -0.05) is 26.7 Å². The van der Waals surface area contributed by atoms with E-state index >= 15 is 0 Å². The summed E-state index contributed by atoms with van der Waals surface area (Å²) in [4.78, 5) is 23.1. The van der Waals surface area contributed by atoms with Crippen molar-refractivity contribution in [2.24, 2.45) is 10.9 Å². The maximum absolute atomic E-state index is 12.4. The summed E-state index contributed by atoms with van der Waals surface area (Å²) in [5.41, 5.74) is 1.78. The number of imidazole rings is 1. The average Bonchev–Trinajstić information content (AvgIpc) is 3.37. The van der Waals surface area contributed by atoms with Gasteiger partial charge in [-0.3, -0.25) is 10.1 Å². The first kappa shape index (κ1) is 21.2. The largest absolute Gasteiger partial charge is 0.492 e. The van der Waals surface area contributed by atoms with Crippen molar-refractivity contribution < 1.29 is 14.3 Å². The number of nitrogens with one attached hydrogen (secondary N) is 1. The van der Waals surface area contributed by atoms with Crippen molar-refractivity contribution in [3.63, 3.8) is 0 Å². The Hall–Kier alpha value is -3.03. The number of unbranched alkanes of at least 4 members (excludes halogenated alkanes) is 3. The van der Waals surface area contributed by atoms with Gasteiger partial charge in [0.1, 0.15) is 6.04 Å². The summed E-state index contributed by atoms with van der Waals surface area (Å²) in [7, 11) is 1.66. The summed E-state index contributed by atoms with van der Waals surface area (Å²) in [6, 6.07) is 3.63. The zero-order valence-electron chi connectivity index (χ0n) is 18.5. The van der Waals surface area contributed by atoms with Crippen LogP contribution < -0.4 is 14.8 Å². The van der Waals surface area contributed by atoms with Crippen molar-refractivity contribution in [3.05, 3.63) is 36.4 Å². The highest BCUT2D eigenvalue weighted by Gasteiger charge is 2.41. The van der Waals surface area contributed by atoms with Gasteiger partial charge >= 0.3 is 0 Å². The average molecular weight is 426 g/mol. The van der Waals surface area contributed by atoms with Crippen molar-refractivity contribution in [2.75, 3.05) is 13.7 Å². The normalized spacial score (nSPS) is 17.3. The lowest BCUT2D eigenvalue weighted by atomic mass is 10.0. The Morgan fingerprint density at radius 1 is 1.23 bits per heavy atom. The number of rotatable bonds is 10.